The Morgan fingerprint density at radius 2 is 1.21 bits per heavy atom. The van der Waals surface area contributed by atoms with Crippen LogP contribution in [0, 0.1) is 0 Å². The van der Waals surface area contributed by atoms with Gasteiger partial charge in [0.25, 0.3) is 0 Å². The van der Waals surface area contributed by atoms with Crippen molar-refractivity contribution in [2.75, 3.05) is 13.1 Å². The van der Waals surface area contributed by atoms with Crippen LogP contribution in [0.2, 0.25) is 0 Å². The van der Waals surface area contributed by atoms with E-state index in [1.54, 1.807) is 12.4 Å². The van der Waals surface area contributed by atoms with E-state index in [1.165, 1.54) is 0 Å². The van der Waals surface area contributed by atoms with Crippen molar-refractivity contribution in [2.24, 2.45) is 0 Å². The molecule has 0 aliphatic carbocycles. The third kappa shape index (κ3) is 3.80. The first-order valence-corrected chi connectivity index (χ1v) is 5.74. The third-order valence-electron chi connectivity index (χ3n) is 2.47. The maximum atomic E-state index is 6.26. The van der Waals surface area contributed by atoms with Gasteiger partial charge < -0.3 is 22.1 Å². The van der Waals surface area contributed by atoms with Gasteiger partial charge in [-0.3, -0.25) is 0 Å². The van der Waals surface area contributed by atoms with Gasteiger partial charge in [-0.15, -0.1) is 11.4 Å². The molecule has 1 aromatic rings. The predicted octanol–water partition coefficient (Wildman–Crippen LogP) is 3.40. The molecular weight excluding hydrogens is 419 g/mol. The van der Waals surface area contributed by atoms with Crippen LogP contribution in [0.4, 0.5) is 11.4 Å². The van der Waals surface area contributed by atoms with Crippen LogP contribution in [0.5, 0.6) is 0 Å². The fourth-order valence-corrected chi connectivity index (χ4v) is 1.68. The standard InChI is InChI=1S/C12H8N2.C2H6N2.Pt/c1-3-9-5-6-10-4-2-8-14-12(10)11(9)13-7-1;3-1-2-4;/h1-8H;3-4H,1-2H2;/q2*-2;+2. The number of hydrogen-bond donors (Lipinski definition) is 0. The van der Waals surface area contributed by atoms with E-state index in [1.807, 2.05) is 12.2 Å². The summed E-state index contributed by atoms with van der Waals surface area (Å²) in [5.41, 5.74) is 14.5. The van der Waals surface area contributed by atoms with Gasteiger partial charge in [-0.25, -0.2) is 0 Å². The van der Waals surface area contributed by atoms with E-state index in [9.17, 15) is 0 Å². The van der Waals surface area contributed by atoms with Gasteiger partial charge in [0.15, 0.2) is 0 Å². The van der Waals surface area contributed by atoms with E-state index in [0.29, 0.717) is 0 Å². The Kier molecular flexibility index (Phi) is 6.57. The molecular formula is C14H14N4Pt-2. The largest absolute Gasteiger partial charge is 2.00 e. The van der Waals surface area contributed by atoms with Crippen LogP contribution < -0.4 is 10.4 Å². The van der Waals surface area contributed by atoms with Crippen LogP contribution >= 0.6 is 0 Å². The first kappa shape index (κ1) is 15.7. The SMILES string of the molecule is C1=C[N-]c2c3c(ccc2=C1)=CC=C[N-]3.[NH-]CC[NH-].[Pt+2]. The molecule has 0 saturated carbocycles. The molecule has 0 atom stereocenters. The van der Waals surface area contributed by atoms with Gasteiger partial charge in [0.1, 0.15) is 0 Å². The smallest absolute Gasteiger partial charge is 0.679 e. The second-order valence-electron chi connectivity index (χ2n) is 3.72. The summed E-state index contributed by atoms with van der Waals surface area (Å²) in [5, 5.41) is 11.0. The van der Waals surface area contributed by atoms with E-state index in [0.717, 1.165) is 21.8 Å². The van der Waals surface area contributed by atoms with Crippen LogP contribution in [0.15, 0.2) is 36.7 Å². The molecule has 3 rings (SSSR count). The summed E-state index contributed by atoms with van der Waals surface area (Å²) in [6.45, 7) is 0.472. The van der Waals surface area contributed by atoms with Crippen molar-refractivity contribution in [1.29, 1.82) is 0 Å². The Labute approximate surface area is 127 Å². The summed E-state index contributed by atoms with van der Waals surface area (Å²) in [5.74, 6) is 0. The Balaban J connectivity index is 0.000000323. The third-order valence-corrected chi connectivity index (χ3v) is 2.47. The molecule has 19 heavy (non-hydrogen) atoms. The van der Waals surface area contributed by atoms with Crippen molar-refractivity contribution in [2.45, 2.75) is 0 Å². The number of benzene rings is 1. The zero-order chi connectivity index (χ0) is 12.8. The molecule has 0 saturated heterocycles. The summed E-state index contributed by atoms with van der Waals surface area (Å²) in [6.07, 6.45) is 11.6. The van der Waals surface area contributed by atoms with Crippen molar-refractivity contribution < 1.29 is 21.1 Å². The predicted molar refractivity (Wildman–Crippen MR) is 77.3 cm³/mol. The zero-order valence-electron chi connectivity index (χ0n) is 10.2. The van der Waals surface area contributed by atoms with Gasteiger partial charge in [-0.2, -0.15) is 25.5 Å². The van der Waals surface area contributed by atoms with Crippen LogP contribution in [-0.2, 0) is 21.1 Å². The first-order chi connectivity index (χ1) is 8.86. The van der Waals surface area contributed by atoms with Crippen LogP contribution in [0.25, 0.3) is 34.3 Å². The quantitative estimate of drug-likeness (QED) is 0.651. The van der Waals surface area contributed by atoms with E-state index < -0.39 is 0 Å². The summed E-state index contributed by atoms with van der Waals surface area (Å²) < 4.78 is 0. The maximum Gasteiger partial charge on any atom is 2.00 e. The average Bonchev–Trinajstić information content (AvgIpc) is 2.47. The number of allylic oxidation sites excluding steroid dienone is 2. The summed E-state index contributed by atoms with van der Waals surface area (Å²) in [6, 6.07) is 4.15. The summed E-state index contributed by atoms with van der Waals surface area (Å²) in [7, 11) is 0. The van der Waals surface area contributed by atoms with E-state index in [4.69, 9.17) is 11.5 Å². The van der Waals surface area contributed by atoms with E-state index in [2.05, 4.69) is 34.9 Å². The van der Waals surface area contributed by atoms with Crippen LogP contribution in [0.1, 0.15) is 0 Å². The molecule has 1 aromatic carbocycles. The van der Waals surface area contributed by atoms with Gasteiger partial charge >= 0.3 is 21.1 Å². The van der Waals surface area contributed by atoms with Crippen molar-refractivity contribution in [1.82, 2.24) is 0 Å². The second-order valence-corrected chi connectivity index (χ2v) is 3.72. The normalized spacial score (nSPS) is 12.9. The Morgan fingerprint density at radius 1 is 0.789 bits per heavy atom. The fraction of sp³-hybridized carbons (Fsp3) is 0.143. The molecule has 0 fully saturated rings. The number of fused-ring (bicyclic) bond motifs is 3. The minimum Gasteiger partial charge on any atom is -0.679 e. The minimum absolute atomic E-state index is 0. The molecule has 0 aromatic heterocycles. The van der Waals surface area contributed by atoms with Gasteiger partial charge in [0.2, 0.25) is 0 Å². The molecule has 2 aliphatic heterocycles. The van der Waals surface area contributed by atoms with Gasteiger partial charge in [-0.1, -0.05) is 36.4 Å². The number of hydrogen-bond acceptors (Lipinski definition) is 0. The second kappa shape index (κ2) is 7.95. The van der Waals surface area contributed by atoms with Crippen LogP contribution in [-0.4, -0.2) is 13.1 Å². The molecule has 4 nitrogen and oxygen atoms in total. The van der Waals surface area contributed by atoms with E-state index >= 15 is 0 Å². The molecule has 0 unspecified atom stereocenters. The molecule has 0 spiro atoms. The molecule has 2 heterocycles. The monoisotopic (exact) mass is 433 g/mol. The van der Waals surface area contributed by atoms with Crippen molar-refractivity contribution in [3.63, 3.8) is 0 Å². The van der Waals surface area contributed by atoms with Crippen molar-refractivity contribution >= 4 is 23.5 Å². The fourth-order valence-electron chi connectivity index (χ4n) is 1.68. The zero-order valence-corrected chi connectivity index (χ0v) is 12.5. The van der Waals surface area contributed by atoms with Crippen LogP contribution in [0.3, 0.4) is 0 Å². The molecule has 0 amide bonds. The molecule has 102 valence electrons. The number of nitrogens with one attached hydrogen (secondary N) is 2. The Hall–Kier alpha value is -1.35. The average molecular weight is 433 g/mol. The number of rotatable bonds is 1. The first-order valence-electron chi connectivity index (χ1n) is 5.74. The van der Waals surface area contributed by atoms with Gasteiger partial charge in [0.05, 0.1) is 0 Å². The molecule has 2 aliphatic rings. The maximum absolute atomic E-state index is 6.26. The van der Waals surface area contributed by atoms with Gasteiger partial charge in [-0.05, 0) is 10.4 Å². The molecule has 0 radical (unpaired) electrons. The van der Waals surface area contributed by atoms with Crippen molar-refractivity contribution in [3.05, 3.63) is 69.2 Å². The van der Waals surface area contributed by atoms with E-state index in [-0.39, 0.29) is 34.2 Å². The molecule has 2 N–H and O–H groups in total. The number of nitrogens with zero attached hydrogens (tertiary/aromatic N) is 2. The Bertz CT molecular complexity index is 537. The summed E-state index contributed by atoms with van der Waals surface area (Å²) in [4.78, 5) is 0. The Morgan fingerprint density at radius 3 is 1.58 bits per heavy atom. The summed E-state index contributed by atoms with van der Waals surface area (Å²) >= 11 is 0. The minimum atomic E-state index is 0. The van der Waals surface area contributed by atoms with Crippen molar-refractivity contribution in [3.8, 4) is 0 Å². The topological polar surface area (TPSA) is 75.8 Å². The molecule has 5 heteroatoms. The molecule has 0 bridgehead atoms. The van der Waals surface area contributed by atoms with Gasteiger partial charge in [0, 0.05) is 0 Å².